The largest absolute Gasteiger partial charge is 0.416 e. The number of nitrogens with two attached hydrogens (primary N) is 1. The molecule has 4 rings (SSSR count). The second-order valence-electron chi connectivity index (χ2n) is 6.07. The van der Waals surface area contributed by atoms with E-state index in [4.69, 9.17) is 5.73 Å². The maximum absolute atomic E-state index is 12.7. The zero-order valence-corrected chi connectivity index (χ0v) is 15.6. The third-order valence-electron chi connectivity index (χ3n) is 4.12. The van der Waals surface area contributed by atoms with E-state index in [0.29, 0.717) is 22.2 Å². The highest BCUT2D eigenvalue weighted by Crippen LogP contribution is 2.37. The number of nitrogen functional groups attached to an aromatic ring is 1. The van der Waals surface area contributed by atoms with Crippen molar-refractivity contribution in [2.45, 2.75) is 16.1 Å². The maximum atomic E-state index is 12.7. The standard InChI is InChI=1S/C20H14F3N5S/c21-20(22,23)13-6-8-14(9-7-13)28-18-16(24)19(27-11-26-18)29-15-5-1-3-12-4-2-10-25-17(12)15/h1-11H,24H2,(H,26,27,28). The van der Waals surface area contributed by atoms with Gasteiger partial charge in [-0.1, -0.05) is 30.0 Å². The summed E-state index contributed by atoms with van der Waals surface area (Å²) in [5.41, 5.74) is 7.05. The quantitative estimate of drug-likeness (QED) is 0.429. The second kappa shape index (κ2) is 7.59. The van der Waals surface area contributed by atoms with Crippen LogP contribution in [0.25, 0.3) is 10.9 Å². The predicted molar refractivity (Wildman–Crippen MR) is 107 cm³/mol. The summed E-state index contributed by atoms with van der Waals surface area (Å²) in [6, 6.07) is 14.3. The van der Waals surface area contributed by atoms with Crippen LogP contribution in [0, 0.1) is 0 Å². The van der Waals surface area contributed by atoms with Crippen LogP contribution in [0.3, 0.4) is 0 Å². The SMILES string of the molecule is Nc1c(Nc2ccc(C(F)(F)F)cc2)ncnc1Sc1cccc2cccnc12. The van der Waals surface area contributed by atoms with E-state index in [1.165, 1.54) is 30.2 Å². The van der Waals surface area contributed by atoms with Gasteiger partial charge in [0.15, 0.2) is 5.82 Å². The van der Waals surface area contributed by atoms with E-state index in [1.54, 1.807) is 6.20 Å². The topological polar surface area (TPSA) is 76.7 Å². The number of anilines is 3. The number of para-hydroxylation sites is 1. The Morgan fingerprint density at radius 3 is 2.41 bits per heavy atom. The van der Waals surface area contributed by atoms with Gasteiger partial charge in [0.2, 0.25) is 0 Å². The van der Waals surface area contributed by atoms with Crippen molar-refractivity contribution < 1.29 is 13.2 Å². The summed E-state index contributed by atoms with van der Waals surface area (Å²) in [6.07, 6.45) is -1.32. The highest BCUT2D eigenvalue weighted by Gasteiger charge is 2.30. The highest BCUT2D eigenvalue weighted by atomic mass is 32.2. The van der Waals surface area contributed by atoms with E-state index in [9.17, 15) is 13.2 Å². The number of hydrogen-bond acceptors (Lipinski definition) is 6. The van der Waals surface area contributed by atoms with Gasteiger partial charge in [-0.25, -0.2) is 9.97 Å². The van der Waals surface area contributed by atoms with E-state index < -0.39 is 11.7 Å². The Bertz CT molecular complexity index is 1160. The Balaban J connectivity index is 1.60. The van der Waals surface area contributed by atoms with Crippen molar-refractivity contribution in [3.8, 4) is 0 Å². The van der Waals surface area contributed by atoms with Crippen LogP contribution < -0.4 is 11.1 Å². The molecule has 2 heterocycles. The summed E-state index contributed by atoms with van der Waals surface area (Å²) >= 11 is 1.35. The summed E-state index contributed by atoms with van der Waals surface area (Å²) in [6.45, 7) is 0. The lowest BCUT2D eigenvalue weighted by molar-refractivity contribution is -0.137. The van der Waals surface area contributed by atoms with Gasteiger partial charge in [-0.05, 0) is 36.4 Å². The fourth-order valence-electron chi connectivity index (χ4n) is 2.70. The monoisotopic (exact) mass is 413 g/mol. The molecule has 0 amide bonds. The van der Waals surface area contributed by atoms with Gasteiger partial charge in [0.05, 0.1) is 11.1 Å². The molecule has 3 N–H and O–H groups in total. The zero-order valence-electron chi connectivity index (χ0n) is 14.8. The number of halogens is 3. The minimum Gasteiger partial charge on any atom is -0.394 e. The van der Waals surface area contributed by atoms with Crippen molar-refractivity contribution >= 4 is 39.9 Å². The molecule has 9 heteroatoms. The van der Waals surface area contributed by atoms with Gasteiger partial charge in [0.1, 0.15) is 17.0 Å². The van der Waals surface area contributed by atoms with Crippen LogP contribution in [-0.4, -0.2) is 15.0 Å². The first-order valence-corrected chi connectivity index (χ1v) is 9.30. The van der Waals surface area contributed by atoms with Crippen molar-refractivity contribution in [1.82, 2.24) is 15.0 Å². The minimum absolute atomic E-state index is 0.297. The summed E-state index contributed by atoms with van der Waals surface area (Å²) in [5.74, 6) is 0.315. The average Bonchev–Trinajstić information content (AvgIpc) is 2.71. The third kappa shape index (κ3) is 4.09. The van der Waals surface area contributed by atoms with Gasteiger partial charge in [0, 0.05) is 22.2 Å². The number of aromatic nitrogens is 3. The lowest BCUT2D eigenvalue weighted by Crippen LogP contribution is -2.05. The summed E-state index contributed by atoms with van der Waals surface area (Å²) in [4.78, 5) is 13.6. The molecular weight excluding hydrogens is 399 g/mol. The van der Waals surface area contributed by atoms with Gasteiger partial charge < -0.3 is 11.1 Å². The molecule has 0 aliphatic rings. The van der Waals surface area contributed by atoms with Gasteiger partial charge >= 0.3 is 6.18 Å². The van der Waals surface area contributed by atoms with Gasteiger partial charge in [-0.2, -0.15) is 13.2 Å². The first-order valence-electron chi connectivity index (χ1n) is 8.48. The highest BCUT2D eigenvalue weighted by molar-refractivity contribution is 7.99. The van der Waals surface area contributed by atoms with Crippen LogP contribution in [0.4, 0.5) is 30.4 Å². The van der Waals surface area contributed by atoms with Crippen molar-refractivity contribution in [1.29, 1.82) is 0 Å². The first-order chi connectivity index (χ1) is 13.9. The number of alkyl halides is 3. The van der Waals surface area contributed by atoms with E-state index in [2.05, 4.69) is 20.3 Å². The number of rotatable bonds is 4. The third-order valence-corrected chi connectivity index (χ3v) is 5.19. The number of benzene rings is 2. The summed E-state index contributed by atoms with van der Waals surface area (Å²) in [7, 11) is 0. The van der Waals surface area contributed by atoms with Crippen LogP contribution >= 0.6 is 11.8 Å². The molecule has 0 bridgehead atoms. The maximum Gasteiger partial charge on any atom is 0.416 e. The van der Waals surface area contributed by atoms with Crippen molar-refractivity contribution in [2.24, 2.45) is 0 Å². The Morgan fingerprint density at radius 2 is 1.66 bits per heavy atom. The second-order valence-corrected chi connectivity index (χ2v) is 7.11. The summed E-state index contributed by atoms with van der Waals surface area (Å²) in [5, 5.41) is 4.46. The molecule has 146 valence electrons. The molecule has 5 nitrogen and oxygen atoms in total. The lowest BCUT2D eigenvalue weighted by Gasteiger charge is -2.12. The van der Waals surface area contributed by atoms with E-state index >= 15 is 0 Å². The Morgan fingerprint density at radius 1 is 0.897 bits per heavy atom. The fourth-order valence-corrected chi connectivity index (χ4v) is 3.63. The Labute approximate surface area is 168 Å². The molecule has 0 saturated carbocycles. The molecule has 0 aliphatic carbocycles. The molecule has 2 aromatic heterocycles. The Hall–Kier alpha value is -3.33. The van der Waals surface area contributed by atoms with Gasteiger partial charge in [-0.3, -0.25) is 4.98 Å². The van der Waals surface area contributed by atoms with Crippen LogP contribution in [0.5, 0.6) is 0 Å². The van der Waals surface area contributed by atoms with Crippen molar-refractivity contribution in [2.75, 3.05) is 11.1 Å². The predicted octanol–water partition coefficient (Wildman–Crippen LogP) is 5.52. The summed E-state index contributed by atoms with van der Waals surface area (Å²) < 4.78 is 38.1. The smallest absolute Gasteiger partial charge is 0.394 e. The number of nitrogens with zero attached hydrogens (tertiary/aromatic N) is 3. The van der Waals surface area contributed by atoms with E-state index in [-0.39, 0.29) is 0 Å². The number of pyridine rings is 1. The molecular formula is C20H14F3N5S. The molecule has 29 heavy (non-hydrogen) atoms. The van der Waals surface area contributed by atoms with Crippen LogP contribution in [-0.2, 0) is 6.18 Å². The lowest BCUT2D eigenvalue weighted by atomic mass is 10.2. The van der Waals surface area contributed by atoms with E-state index in [1.807, 2.05) is 30.3 Å². The molecule has 0 fully saturated rings. The number of fused-ring (bicyclic) bond motifs is 1. The molecule has 4 aromatic rings. The minimum atomic E-state index is -4.39. The van der Waals surface area contributed by atoms with Crippen molar-refractivity contribution in [3.05, 3.63) is 72.7 Å². The Kier molecular flexibility index (Phi) is 4.98. The molecule has 0 saturated heterocycles. The zero-order chi connectivity index (χ0) is 20.4. The van der Waals surface area contributed by atoms with Gasteiger partial charge in [-0.15, -0.1) is 0 Å². The average molecular weight is 413 g/mol. The molecule has 0 spiro atoms. The molecule has 0 radical (unpaired) electrons. The van der Waals surface area contributed by atoms with Crippen LogP contribution in [0.1, 0.15) is 5.56 Å². The molecule has 2 aromatic carbocycles. The fraction of sp³-hybridized carbons (Fsp3) is 0.0500. The van der Waals surface area contributed by atoms with Gasteiger partial charge in [0.25, 0.3) is 0 Å². The van der Waals surface area contributed by atoms with E-state index in [0.717, 1.165) is 27.9 Å². The molecule has 0 unspecified atom stereocenters. The number of hydrogen-bond donors (Lipinski definition) is 2. The van der Waals surface area contributed by atoms with Crippen LogP contribution in [0.15, 0.2) is 77.0 Å². The molecule has 0 aliphatic heterocycles. The first kappa shape index (κ1) is 19.0. The molecule has 0 atom stereocenters. The normalized spacial score (nSPS) is 11.6. The van der Waals surface area contributed by atoms with Crippen LogP contribution in [0.2, 0.25) is 0 Å². The van der Waals surface area contributed by atoms with Crippen molar-refractivity contribution in [3.63, 3.8) is 0 Å². The number of nitrogens with one attached hydrogen (secondary N) is 1.